The lowest BCUT2D eigenvalue weighted by atomic mass is 10.0. The van der Waals surface area contributed by atoms with Gasteiger partial charge in [-0.3, -0.25) is 0 Å². The van der Waals surface area contributed by atoms with Crippen molar-refractivity contribution in [2.45, 2.75) is 31.8 Å². The minimum Gasteiger partial charge on any atom is -0.356 e. The molecule has 8 heteroatoms. The molecule has 1 fully saturated rings. The van der Waals surface area contributed by atoms with Gasteiger partial charge in [-0.1, -0.05) is 6.07 Å². The zero-order valence-corrected chi connectivity index (χ0v) is 15.5. The number of carbonyl (C=O) groups is 1. The van der Waals surface area contributed by atoms with Gasteiger partial charge in [-0.25, -0.2) is 18.6 Å². The largest absolute Gasteiger partial charge is 0.356 e. The minimum absolute atomic E-state index is 0.0202. The van der Waals surface area contributed by atoms with Gasteiger partial charge in [-0.15, -0.1) is 0 Å². The van der Waals surface area contributed by atoms with Gasteiger partial charge in [0, 0.05) is 25.3 Å². The summed E-state index contributed by atoms with van der Waals surface area (Å²) in [5.41, 5.74) is 1.02. The van der Waals surface area contributed by atoms with Gasteiger partial charge in [0.2, 0.25) is 0 Å². The highest BCUT2D eigenvalue weighted by atomic mass is 19.2. The Kier molecular flexibility index (Phi) is 6.04. The molecule has 1 aliphatic rings. The van der Waals surface area contributed by atoms with E-state index in [-0.39, 0.29) is 12.1 Å². The summed E-state index contributed by atoms with van der Waals surface area (Å²) in [6.07, 6.45) is 3.07. The molecule has 0 spiro atoms. The van der Waals surface area contributed by atoms with Gasteiger partial charge < -0.3 is 15.5 Å². The van der Waals surface area contributed by atoms with Crippen molar-refractivity contribution < 1.29 is 13.6 Å². The van der Waals surface area contributed by atoms with Gasteiger partial charge >= 0.3 is 6.03 Å². The summed E-state index contributed by atoms with van der Waals surface area (Å²) in [6.45, 7) is 3.19. The van der Waals surface area contributed by atoms with Crippen molar-refractivity contribution >= 4 is 11.8 Å². The third-order valence-electron chi connectivity index (χ3n) is 4.82. The number of hydrogen-bond acceptors (Lipinski definition) is 4. The molecule has 0 bridgehead atoms. The average Bonchev–Trinajstić information content (AvgIpc) is 2.70. The van der Waals surface area contributed by atoms with E-state index in [4.69, 9.17) is 5.26 Å². The van der Waals surface area contributed by atoms with E-state index in [1.165, 1.54) is 6.07 Å². The Bertz CT molecular complexity index is 873. The Hall–Kier alpha value is -3.21. The van der Waals surface area contributed by atoms with Crippen LogP contribution in [-0.2, 0) is 0 Å². The number of halogens is 2. The zero-order chi connectivity index (χ0) is 20.1. The van der Waals surface area contributed by atoms with Gasteiger partial charge in [0.1, 0.15) is 11.9 Å². The number of anilines is 1. The van der Waals surface area contributed by atoms with E-state index < -0.39 is 17.7 Å². The molecule has 146 valence electrons. The molecule has 1 atom stereocenters. The molecule has 2 aromatic rings. The maximum absolute atomic E-state index is 13.3. The maximum Gasteiger partial charge on any atom is 0.315 e. The van der Waals surface area contributed by atoms with E-state index in [0.717, 1.165) is 43.9 Å². The van der Waals surface area contributed by atoms with E-state index in [2.05, 4.69) is 20.5 Å². The number of amides is 2. The molecule has 28 heavy (non-hydrogen) atoms. The number of urea groups is 1. The van der Waals surface area contributed by atoms with Gasteiger partial charge in [0.05, 0.1) is 11.6 Å². The Morgan fingerprint density at radius 3 is 2.61 bits per heavy atom. The van der Waals surface area contributed by atoms with Crippen molar-refractivity contribution in [1.82, 2.24) is 15.6 Å². The van der Waals surface area contributed by atoms with Crippen LogP contribution in [0.4, 0.5) is 19.4 Å². The number of nitrogens with zero attached hydrogens (tertiary/aromatic N) is 3. The third-order valence-corrected chi connectivity index (χ3v) is 4.82. The summed E-state index contributed by atoms with van der Waals surface area (Å²) in [7, 11) is 0. The molecule has 0 radical (unpaired) electrons. The smallest absolute Gasteiger partial charge is 0.315 e. The number of hydrogen-bond donors (Lipinski definition) is 2. The first-order valence-corrected chi connectivity index (χ1v) is 9.09. The Labute approximate surface area is 162 Å². The van der Waals surface area contributed by atoms with E-state index in [0.29, 0.717) is 11.1 Å². The van der Waals surface area contributed by atoms with Crippen molar-refractivity contribution in [3.63, 3.8) is 0 Å². The average molecular weight is 385 g/mol. The second-order valence-corrected chi connectivity index (χ2v) is 6.79. The molecule has 1 aliphatic heterocycles. The first kappa shape index (κ1) is 19.5. The highest BCUT2D eigenvalue weighted by Crippen LogP contribution is 2.19. The summed E-state index contributed by atoms with van der Waals surface area (Å²) >= 11 is 0. The molecule has 1 unspecified atom stereocenters. The van der Waals surface area contributed by atoms with Crippen LogP contribution in [0.3, 0.4) is 0 Å². The fourth-order valence-electron chi connectivity index (χ4n) is 3.18. The fraction of sp³-hybridized carbons (Fsp3) is 0.350. The lowest BCUT2D eigenvalue weighted by Crippen LogP contribution is -2.48. The van der Waals surface area contributed by atoms with Gasteiger partial charge in [0.15, 0.2) is 11.6 Å². The molecule has 1 aromatic carbocycles. The fourth-order valence-corrected chi connectivity index (χ4v) is 3.18. The van der Waals surface area contributed by atoms with Crippen LogP contribution >= 0.6 is 0 Å². The number of nitrogens with one attached hydrogen (secondary N) is 2. The highest BCUT2D eigenvalue weighted by Gasteiger charge is 2.22. The molecule has 0 aliphatic carbocycles. The number of carbonyl (C=O) groups excluding carboxylic acids is 1. The molecular formula is C20H21F2N5O. The van der Waals surface area contributed by atoms with Crippen LogP contribution in [0.25, 0.3) is 0 Å². The number of nitriles is 1. The minimum atomic E-state index is -0.935. The van der Waals surface area contributed by atoms with Crippen molar-refractivity contribution in [1.29, 1.82) is 5.26 Å². The first-order valence-electron chi connectivity index (χ1n) is 9.09. The van der Waals surface area contributed by atoms with Crippen LogP contribution in [-0.4, -0.2) is 30.1 Å². The molecule has 6 nitrogen and oxygen atoms in total. The first-order chi connectivity index (χ1) is 13.5. The van der Waals surface area contributed by atoms with Crippen molar-refractivity contribution in [2.75, 3.05) is 18.0 Å². The predicted molar refractivity (Wildman–Crippen MR) is 101 cm³/mol. The summed E-state index contributed by atoms with van der Waals surface area (Å²) in [4.78, 5) is 18.6. The number of pyridine rings is 1. The SMILES string of the molecule is CC(NC(=O)NC1CCN(c2ccc(C#N)cn2)CC1)c1ccc(F)c(F)c1. The second kappa shape index (κ2) is 8.65. The third kappa shape index (κ3) is 4.74. The van der Waals surface area contributed by atoms with Crippen LogP contribution in [0.2, 0.25) is 0 Å². The zero-order valence-electron chi connectivity index (χ0n) is 15.5. The lowest BCUT2D eigenvalue weighted by molar-refractivity contribution is 0.231. The molecule has 2 heterocycles. The summed E-state index contributed by atoms with van der Waals surface area (Å²) in [5, 5.41) is 14.5. The standard InChI is InChI=1S/C20H21F2N5O/c1-13(15-3-4-17(21)18(22)10-15)25-20(28)26-16-6-8-27(9-7-16)19-5-2-14(11-23)12-24-19/h2-5,10,12-13,16H,6-9H2,1H3,(H2,25,26,28). The lowest BCUT2D eigenvalue weighted by Gasteiger charge is -2.33. The van der Waals surface area contributed by atoms with Gasteiger partial charge in [0.25, 0.3) is 0 Å². The highest BCUT2D eigenvalue weighted by molar-refractivity contribution is 5.74. The van der Waals surface area contributed by atoms with Gasteiger partial charge in [-0.05, 0) is 49.6 Å². The van der Waals surface area contributed by atoms with Crippen molar-refractivity contribution in [2.24, 2.45) is 0 Å². The molecule has 2 N–H and O–H groups in total. The summed E-state index contributed by atoms with van der Waals surface area (Å²) in [5.74, 6) is -1.03. The molecular weight excluding hydrogens is 364 g/mol. The number of aromatic nitrogens is 1. The van der Waals surface area contributed by atoms with Crippen molar-refractivity contribution in [3.05, 3.63) is 59.3 Å². The summed E-state index contributed by atoms with van der Waals surface area (Å²) in [6, 6.07) is 8.42. The molecule has 3 rings (SSSR count). The van der Waals surface area contributed by atoms with Crippen LogP contribution in [0.1, 0.15) is 36.9 Å². The van der Waals surface area contributed by atoms with E-state index in [1.807, 2.05) is 12.1 Å². The van der Waals surface area contributed by atoms with Crippen molar-refractivity contribution in [3.8, 4) is 6.07 Å². The monoisotopic (exact) mass is 385 g/mol. The topological polar surface area (TPSA) is 81.0 Å². The number of rotatable bonds is 4. The quantitative estimate of drug-likeness (QED) is 0.847. The predicted octanol–water partition coefficient (Wildman–Crippen LogP) is 3.26. The number of benzene rings is 1. The van der Waals surface area contributed by atoms with Gasteiger partial charge in [-0.2, -0.15) is 5.26 Å². The Morgan fingerprint density at radius 1 is 1.25 bits per heavy atom. The maximum atomic E-state index is 13.3. The number of piperidine rings is 1. The van der Waals surface area contributed by atoms with E-state index >= 15 is 0 Å². The van der Waals surface area contributed by atoms with E-state index in [9.17, 15) is 13.6 Å². The molecule has 1 aromatic heterocycles. The Balaban J connectivity index is 1.47. The molecule has 2 amide bonds. The Morgan fingerprint density at radius 2 is 2.00 bits per heavy atom. The normalized spacial score (nSPS) is 15.6. The molecule has 0 saturated carbocycles. The summed E-state index contributed by atoms with van der Waals surface area (Å²) < 4.78 is 26.4. The van der Waals surface area contributed by atoms with E-state index in [1.54, 1.807) is 19.2 Å². The van der Waals surface area contributed by atoms with Crippen LogP contribution in [0.15, 0.2) is 36.5 Å². The molecule has 1 saturated heterocycles. The van der Waals surface area contributed by atoms with Crippen LogP contribution in [0.5, 0.6) is 0 Å². The van der Waals surface area contributed by atoms with Crippen LogP contribution < -0.4 is 15.5 Å². The second-order valence-electron chi connectivity index (χ2n) is 6.79. The van der Waals surface area contributed by atoms with Crippen LogP contribution in [0, 0.1) is 23.0 Å².